The first kappa shape index (κ1) is 17.4. The minimum absolute atomic E-state index is 0.0184. The van der Waals surface area contributed by atoms with Crippen LogP contribution in [0.2, 0.25) is 5.02 Å². The van der Waals surface area contributed by atoms with Crippen LogP contribution in [0.25, 0.3) is 16.7 Å². The quantitative estimate of drug-likeness (QED) is 0.535. The van der Waals surface area contributed by atoms with E-state index in [9.17, 15) is 10.2 Å². The number of nitrogens with zero attached hydrogens (tertiary/aromatic N) is 3. The molecule has 2 N–H and O–H groups in total. The van der Waals surface area contributed by atoms with Gasteiger partial charge in [-0.15, -0.1) is 15.0 Å². The third kappa shape index (κ3) is 3.00. The Morgan fingerprint density at radius 1 is 0.852 bits per heavy atom. The van der Waals surface area contributed by atoms with E-state index in [0.29, 0.717) is 27.3 Å². The van der Waals surface area contributed by atoms with Gasteiger partial charge in [0.1, 0.15) is 28.2 Å². The van der Waals surface area contributed by atoms with Crippen LogP contribution in [-0.2, 0) is 5.41 Å². The van der Waals surface area contributed by atoms with E-state index in [4.69, 9.17) is 11.6 Å². The van der Waals surface area contributed by atoms with Crippen LogP contribution in [0.5, 0.6) is 11.5 Å². The zero-order chi connectivity index (χ0) is 19.2. The standard InChI is InChI=1S/C21H18ClN3O2/c1-21(2,13-6-4-3-5-7-13)15-11-18(20(27)12-19(15)26)25-23-16-9-8-14(22)10-17(16)24-25/h3-12,26-27H,1-2H3. The summed E-state index contributed by atoms with van der Waals surface area (Å²) in [5.41, 5.74) is 2.90. The summed E-state index contributed by atoms with van der Waals surface area (Å²) in [7, 11) is 0. The summed E-state index contributed by atoms with van der Waals surface area (Å²) in [6.07, 6.45) is 0. The van der Waals surface area contributed by atoms with Gasteiger partial charge in [-0.3, -0.25) is 0 Å². The summed E-state index contributed by atoms with van der Waals surface area (Å²) in [4.78, 5) is 1.36. The molecule has 0 aliphatic heterocycles. The first-order valence-electron chi connectivity index (χ1n) is 8.51. The Hall–Kier alpha value is -3.05. The second kappa shape index (κ2) is 6.28. The molecule has 6 heteroatoms. The number of fused-ring (bicyclic) bond motifs is 1. The fourth-order valence-corrected chi connectivity index (χ4v) is 3.40. The Balaban J connectivity index is 1.88. The van der Waals surface area contributed by atoms with Crippen LogP contribution in [0, 0.1) is 0 Å². The number of hydrogen-bond acceptors (Lipinski definition) is 4. The predicted octanol–water partition coefficient (Wildman–Crippen LogP) is 4.81. The lowest BCUT2D eigenvalue weighted by Gasteiger charge is -2.27. The molecule has 0 saturated heterocycles. The van der Waals surface area contributed by atoms with Gasteiger partial charge in [0, 0.05) is 22.1 Å². The lowest BCUT2D eigenvalue weighted by Crippen LogP contribution is -2.19. The number of rotatable bonds is 3. The fraction of sp³-hybridized carbons (Fsp3) is 0.143. The normalized spacial score (nSPS) is 11.8. The molecule has 4 aromatic rings. The molecule has 4 rings (SSSR count). The van der Waals surface area contributed by atoms with Crippen LogP contribution in [-0.4, -0.2) is 25.2 Å². The highest BCUT2D eigenvalue weighted by Gasteiger charge is 2.28. The van der Waals surface area contributed by atoms with E-state index in [1.54, 1.807) is 24.3 Å². The Labute approximate surface area is 161 Å². The van der Waals surface area contributed by atoms with Crippen molar-refractivity contribution in [2.45, 2.75) is 19.3 Å². The zero-order valence-corrected chi connectivity index (χ0v) is 15.6. The van der Waals surface area contributed by atoms with Crippen LogP contribution in [0.3, 0.4) is 0 Å². The molecule has 1 aromatic heterocycles. The van der Waals surface area contributed by atoms with E-state index in [1.807, 2.05) is 44.2 Å². The molecule has 0 aliphatic rings. The molecule has 1 heterocycles. The van der Waals surface area contributed by atoms with Crippen molar-refractivity contribution in [3.05, 3.63) is 76.8 Å². The van der Waals surface area contributed by atoms with Crippen molar-refractivity contribution in [2.75, 3.05) is 0 Å². The third-order valence-corrected chi connectivity index (χ3v) is 5.05. The van der Waals surface area contributed by atoms with Crippen molar-refractivity contribution < 1.29 is 10.2 Å². The van der Waals surface area contributed by atoms with E-state index in [0.717, 1.165) is 5.56 Å². The molecular weight excluding hydrogens is 362 g/mol. The maximum atomic E-state index is 10.5. The fourth-order valence-electron chi connectivity index (χ4n) is 3.23. The minimum atomic E-state index is -0.482. The summed E-state index contributed by atoms with van der Waals surface area (Å²) in [5.74, 6) is -0.0867. The van der Waals surface area contributed by atoms with Gasteiger partial charge in [-0.1, -0.05) is 55.8 Å². The molecule has 27 heavy (non-hydrogen) atoms. The van der Waals surface area contributed by atoms with Gasteiger partial charge in [0.15, 0.2) is 0 Å². The Kier molecular flexibility index (Phi) is 4.04. The van der Waals surface area contributed by atoms with E-state index in [-0.39, 0.29) is 11.5 Å². The van der Waals surface area contributed by atoms with Crippen molar-refractivity contribution in [2.24, 2.45) is 0 Å². The highest BCUT2D eigenvalue weighted by Crippen LogP contribution is 2.40. The van der Waals surface area contributed by atoms with Gasteiger partial charge in [-0.05, 0) is 29.8 Å². The monoisotopic (exact) mass is 379 g/mol. The largest absolute Gasteiger partial charge is 0.507 e. The summed E-state index contributed by atoms with van der Waals surface area (Å²) in [6.45, 7) is 4.04. The van der Waals surface area contributed by atoms with Gasteiger partial charge < -0.3 is 10.2 Å². The van der Waals surface area contributed by atoms with Crippen LogP contribution in [0.1, 0.15) is 25.0 Å². The maximum absolute atomic E-state index is 10.5. The number of phenolic OH excluding ortho intramolecular Hbond substituents is 2. The van der Waals surface area contributed by atoms with Gasteiger partial charge in [0.25, 0.3) is 0 Å². The topological polar surface area (TPSA) is 71.2 Å². The average Bonchev–Trinajstić information content (AvgIpc) is 3.05. The molecule has 0 aliphatic carbocycles. The lowest BCUT2D eigenvalue weighted by molar-refractivity contribution is 0.432. The van der Waals surface area contributed by atoms with Crippen molar-refractivity contribution in [3.63, 3.8) is 0 Å². The van der Waals surface area contributed by atoms with Crippen molar-refractivity contribution in [1.82, 2.24) is 15.0 Å². The van der Waals surface area contributed by atoms with Crippen molar-refractivity contribution in [3.8, 4) is 17.2 Å². The van der Waals surface area contributed by atoms with Gasteiger partial charge in [0.2, 0.25) is 0 Å². The maximum Gasteiger partial charge on any atom is 0.146 e. The molecule has 136 valence electrons. The molecule has 0 saturated carbocycles. The smallest absolute Gasteiger partial charge is 0.146 e. The Morgan fingerprint density at radius 3 is 2.30 bits per heavy atom. The number of hydrogen-bond donors (Lipinski definition) is 2. The Morgan fingerprint density at radius 2 is 1.56 bits per heavy atom. The van der Waals surface area contributed by atoms with Gasteiger partial charge in [-0.25, -0.2) is 0 Å². The number of phenols is 2. The third-order valence-electron chi connectivity index (χ3n) is 4.82. The minimum Gasteiger partial charge on any atom is -0.507 e. The van der Waals surface area contributed by atoms with Gasteiger partial charge in [-0.2, -0.15) is 0 Å². The number of aromatic hydroxyl groups is 2. The highest BCUT2D eigenvalue weighted by molar-refractivity contribution is 6.31. The summed E-state index contributed by atoms with van der Waals surface area (Å²) in [6, 6.07) is 18.2. The second-order valence-corrected chi connectivity index (χ2v) is 7.41. The van der Waals surface area contributed by atoms with Crippen LogP contribution < -0.4 is 0 Å². The first-order valence-corrected chi connectivity index (χ1v) is 8.89. The van der Waals surface area contributed by atoms with Crippen LogP contribution in [0.4, 0.5) is 0 Å². The summed E-state index contributed by atoms with van der Waals surface area (Å²) < 4.78 is 0. The van der Waals surface area contributed by atoms with E-state index in [1.165, 1.54) is 10.9 Å². The van der Waals surface area contributed by atoms with E-state index < -0.39 is 5.41 Å². The molecule has 0 atom stereocenters. The SMILES string of the molecule is CC(C)(c1ccccc1)c1cc(-n2nc3ccc(Cl)cc3n2)c(O)cc1O. The average molecular weight is 380 g/mol. The molecule has 0 radical (unpaired) electrons. The van der Waals surface area contributed by atoms with E-state index in [2.05, 4.69) is 10.2 Å². The molecule has 5 nitrogen and oxygen atoms in total. The highest BCUT2D eigenvalue weighted by atomic mass is 35.5. The predicted molar refractivity (Wildman–Crippen MR) is 106 cm³/mol. The van der Waals surface area contributed by atoms with Crippen LogP contribution >= 0.6 is 11.6 Å². The molecule has 0 unspecified atom stereocenters. The first-order chi connectivity index (χ1) is 12.9. The number of aromatic nitrogens is 3. The number of halogens is 1. The molecule has 0 fully saturated rings. The molecule has 0 bridgehead atoms. The van der Waals surface area contributed by atoms with Gasteiger partial charge >= 0.3 is 0 Å². The molecule has 0 amide bonds. The summed E-state index contributed by atoms with van der Waals surface area (Å²) in [5, 5.41) is 30.3. The van der Waals surface area contributed by atoms with E-state index >= 15 is 0 Å². The van der Waals surface area contributed by atoms with Crippen molar-refractivity contribution in [1.29, 1.82) is 0 Å². The molecule has 3 aromatic carbocycles. The molecular formula is C21H18ClN3O2. The summed E-state index contributed by atoms with van der Waals surface area (Å²) >= 11 is 6.02. The second-order valence-electron chi connectivity index (χ2n) is 6.97. The van der Waals surface area contributed by atoms with Crippen LogP contribution in [0.15, 0.2) is 60.7 Å². The number of benzene rings is 3. The Bertz CT molecular complexity index is 1140. The van der Waals surface area contributed by atoms with Crippen molar-refractivity contribution >= 4 is 22.6 Å². The van der Waals surface area contributed by atoms with Gasteiger partial charge in [0.05, 0.1) is 0 Å². The lowest BCUT2D eigenvalue weighted by atomic mass is 9.77. The molecule has 0 spiro atoms. The zero-order valence-electron chi connectivity index (χ0n) is 14.9.